The van der Waals surface area contributed by atoms with Gasteiger partial charge in [-0.2, -0.15) is 0 Å². The smallest absolute Gasteiger partial charge is 0.296 e. The van der Waals surface area contributed by atoms with Crippen LogP contribution in [0.4, 0.5) is 11.4 Å². The highest BCUT2D eigenvalue weighted by Gasteiger charge is 2.18. The number of nitrogens with zero attached hydrogens (tertiary/aromatic N) is 2. The van der Waals surface area contributed by atoms with Crippen molar-refractivity contribution in [2.24, 2.45) is 0 Å². The molecule has 0 amide bonds. The van der Waals surface area contributed by atoms with Gasteiger partial charge in [0.05, 0.1) is 35.4 Å². The molecule has 0 aliphatic carbocycles. The van der Waals surface area contributed by atoms with Crippen molar-refractivity contribution in [1.82, 2.24) is 4.98 Å². The predicted octanol–water partition coefficient (Wildman–Crippen LogP) is 3.26. The fourth-order valence-electron chi connectivity index (χ4n) is 1.68. The molecule has 20 heavy (non-hydrogen) atoms. The lowest BCUT2D eigenvalue weighted by atomic mass is 10.2. The average molecular weight is 294 g/mol. The summed E-state index contributed by atoms with van der Waals surface area (Å²) in [4.78, 5) is 14.7. The van der Waals surface area contributed by atoms with Crippen LogP contribution in [0, 0.1) is 10.1 Å². The minimum absolute atomic E-state index is 0.0952. The van der Waals surface area contributed by atoms with E-state index in [9.17, 15) is 10.1 Å². The van der Waals surface area contributed by atoms with Gasteiger partial charge in [-0.3, -0.25) is 15.1 Å². The van der Waals surface area contributed by atoms with Crippen molar-refractivity contribution in [2.45, 2.75) is 6.54 Å². The Bertz CT molecular complexity index is 620. The molecule has 0 fully saturated rings. The number of nitrogens with one attached hydrogen (secondary N) is 1. The Labute approximate surface area is 120 Å². The molecule has 0 saturated heterocycles. The second kappa shape index (κ2) is 6.21. The first kappa shape index (κ1) is 14.1. The number of benzene rings is 1. The minimum Gasteiger partial charge on any atom is -0.495 e. The van der Waals surface area contributed by atoms with Crippen LogP contribution in [-0.4, -0.2) is 17.0 Å². The highest BCUT2D eigenvalue weighted by Crippen LogP contribution is 2.35. The van der Waals surface area contributed by atoms with Crippen LogP contribution in [0.25, 0.3) is 0 Å². The quantitative estimate of drug-likeness (QED) is 0.676. The molecule has 104 valence electrons. The summed E-state index contributed by atoms with van der Waals surface area (Å²) in [6.07, 6.45) is 1.66. The minimum atomic E-state index is -0.487. The van der Waals surface area contributed by atoms with Crippen LogP contribution in [0.15, 0.2) is 36.5 Å². The molecular formula is C13H12ClN3O3. The summed E-state index contributed by atoms with van der Waals surface area (Å²) in [6.45, 7) is 0.365. The standard InChI is InChI=1S/C13H12ClN3O3/c1-20-13-7-12(17(18)19)11(6-10(13)14)16-8-9-4-2-3-5-15-9/h2-7,16H,8H2,1H3. The summed E-state index contributed by atoms with van der Waals surface area (Å²) in [5, 5.41) is 14.3. The number of anilines is 1. The van der Waals surface area contributed by atoms with Gasteiger partial charge < -0.3 is 10.1 Å². The highest BCUT2D eigenvalue weighted by atomic mass is 35.5. The molecule has 1 heterocycles. The van der Waals surface area contributed by atoms with Crippen LogP contribution >= 0.6 is 11.6 Å². The van der Waals surface area contributed by atoms with Crippen LogP contribution in [0.3, 0.4) is 0 Å². The van der Waals surface area contributed by atoms with Crippen molar-refractivity contribution < 1.29 is 9.66 Å². The van der Waals surface area contributed by atoms with E-state index in [1.165, 1.54) is 19.2 Å². The van der Waals surface area contributed by atoms with E-state index in [-0.39, 0.29) is 11.4 Å². The van der Waals surface area contributed by atoms with Gasteiger partial charge in [-0.25, -0.2) is 0 Å². The second-order valence-corrected chi connectivity index (χ2v) is 4.34. The zero-order valence-electron chi connectivity index (χ0n) is 10.7. The Morgan fingerprint density at radius 2 is 2.25 bits per heavy atom. The molecule has 1 aromatic carbocycles. The lowest BCUT2D eigenvalue weighted by Gasteiger charge is -2.09. The first-order valence-corrected chi connectivity index (χ1v) is 6.15. The van der Waals surface area contributed by atoms with Gasteiger partial charge in [0, 0.05) is 6.20 Å². The molecule has 0 bridgehead atoms. The number of methoxy groups -OCH3 is 1. The van der Waals surface area contributed by atoms with E-state index >= 15 is 0 Å². The Morgan fingerprint density at radius 1 is 1.45 bits per heavy atom. The molecule has 0 aliphatic heterocycles. The van der Waals surface area contributed by atoms with Crippen molar-refractivity contribution in [3.05, 3.63) is 57.4 Å². The topological polar surface area (TPSA) is 77.3 Å². The third-order valence-corrected chi connectivity index (χ3v) is 2.95. The maximum atomic E-state index is 11.1. The normalized spacial score (nSPS) is 10.1. The maximum absolute atomic E-state index is 11.1. The van der Waals surface area contributed by atoms with Crippen molar-refractivity contribution >= 4 is 23.0 Å². The van der Waals surface area contributed by atoms with E-state index in [0.717, 1.165) is 5.69 Å². The van der Waals surface area contributed by atoms with Gasteiger partial charge in [-0.05, 0) is 18.2 Å². The van der Waals surface area contributed by atoms with Gasteiger partial charge in [0.15, 0.2) is 0 Å². The van der Waals surface area contributed by atoms with Gasteiger partial charge in [-0.15, -0.1) is 0 Å². The van der Waals surface area contributed by atoms with Gasteiger partial charge in [-0.1, -0.05) is 17.7 Å². The van der Waals surface area contributed by atoms with E-state index in [2.05, 4.69) is 10.3 Å². The summed E-state index contributed by atoms with van der Waals surface area (Å²) in [7, 11) is 1.41. The monoisotopic (exact) mass is 293 g/mol. The molecule has 0 unspecified atom stereocenters. The number of rotatable bonds is 5. The summed E-state index contributed by atoms with van der Waals surface area (Å²) >= 11 is 5.98. The van der Waals surface area contributed by atoms with Gasteiger partial charge in [0.1, 0.15) is 11.4 Å². The van der Waals surface area contributed by atoms with Crippen molar-refractivity contribution in [3.8, 4) is 5.75 Å². The zero-order chi connectivity index (χ0) is 14.5. The fourth-order valence-corrected chi connectivity index (χ4v) is 1.92. The van der Waals surface area contributed by atoms with Gasteiger partial charge in [0.2, 0.25) is 0 Å². The lowest BCUT2D eigenvalue weighted by Crippen LogP contribution is -2.04. The molecule has 2 rings (SSSR count). The largest absolute Gasteiger partial charge is 0.495 e. The number of nitro benzene ring substituents is 1. The number of aromatic nitrogens is 1. The first-order chi connectivity index (χ1) is 9.61. The first-order valence-electron chi connectivity index (χ1n) is 5.77. The molecule has 0 saturated carbocycles. The summed E-state index contributed by atoms with van der Waals surface area (Å²) in [5.41, 5.74) is 1.00. The molecule has 0 aliphatic rings. The van der Waals surface area contributed by atoms with Gasteiger partial charge >= 0.3 is 0 Å². The number of nitro groups is 1. The number of halogens is 1. The molecular weight excluding hydrogens is 282 g/mol. The van der Waals surface area contributed by atoms with Crippen molar-refractivity contribution in [2.75, 3.05) is 12.4 Å². The Balaban J connectivity index is 2.26. The van der Waals surface area contributed by atoms with Crippen molar-refractivity contribution in [3.63, 3.8) is 0 Å². The van der Waals surface area contributed by atoms with Crippen LogP contribution in [0.5, 0.6) is 5.75 Å². The summed E-state index contributed by atoms with van der Waals surface area (Å²) < 4.78 is 4.98. The van der Waals surface area contributed by atoms with E-state index in [1.54, 1.807) is 12.3 Å². The molecule has 1 aromatic heterocycles. The Hall–Kier alpha value is -2.34. The maximum Gasteiger partial charge on any atom is 0.296 e. The fraction of sp³-hybridized carbons (Fsp3) is 0.154. The van der Waals surface area contributed by atoms with Crippen LogP contribution in [0.1, 0.15) is 5.69 Å². The van der Waals surface area contributed by atoms with Crippen molar-refractivity contribution in [1.29, 1.82) is 0 Å². The second-order valence-electron chi connectivity index (χ2n) is 3.94. The lowest BCUT2D eigenvalue weighted by molar-refractivity contribution is -0.384. The highest BCUT2D eigenvalue weighted by molar-refractivity contribution is 6.32. The summed E-state index contributed by atoms with van der Waals surface area (Å²) in [5.74, 6) is 0.266. The number of ether oxygens (including phenoxy) is 1. The molecule has 2 aromatic rings. The SMILES string of the molecule is COc1cc([N+](=O)[O-])c(NCc2ccccn2)cc1Cl. The Morgan fingerprint density at radius 3 is 2.85 bits per heavy atom. The summed E-state index contributed by atoms with van der Waals surface area (Å²) in [6, 6.07) is 8.24. The Kier molecular flexibility index (Phi) is 4.37. The number of pyridine rings is 1. The van der Waals surface area contributed by atoms with E-state index in [0.29, 0.717) is 17.3 Å². The molecule has 0 spiro atoms. The molecule has 6 nitrogen and oxygen atoms in total. The van der Waals surface area contributed by atoms with Gasteiger partial charge in [0.25, 0.3) is 5.69 Å². The molecule has 1 N–H and O–H groups in total. The number of hydrogen-bond donors (Lipinski definition) is 1. The number of hydrogen-bond acceptors (Lipinski definition) is 5. The zero-order valence-corrected chi connectivity index (χ0v) is 11.4. The van der Waals surface area contributed by atoms with E-state index in [1.807, 2.05) is 12.1 Å². The van der Waals surface area contributed by atoms with E-state index < -0.39 is 4.92 Å². The predicted molar refractivity (Wildman–Crippen MR) is 76.2 cm³/mol. The third kappa shape index (κ3) is 3.16. The average Bonchev–Trinajstić information content (AvgIpc) is 2.46. The van der Waals surface area contributed by atoms with Crippen LogP contribution < -0.4 is 10.1 Å². The molecule has 0 radical (unpaired) electrons. The van der Waals surface area contributed by atoms with Crippen LogP contribution in [0.2, 0.25) is 5.02 Å². The third-order valence-electron chi connectivity index (χ3n) is 2.65. The van der Waals surface area contributed by atoms with Crippen LogP contribution in [-0.2, 0) is 6.54 Å². The van der Waals surface area contributed by atoms with E-state index in [4.69, 9.17) is 16.3 Å². The molecule has 7 heteroatoms. The molecule has 0 atom stereocenters.